The third-order valence-corrected chi connectivity index (χ3v) is 1.80. The van der Waals surface area contributed by atoms with Crippen molar-refractivity contribution in [2.75, 3.05) is 0 Å². The van der Waals surface area contributed by atoms with E-state index in [0.29, 0.717) is 0 Å². The molecule has 0 fully saturated rings. The average Bonchev–Trinajstić information content (AvgIpc) is 2.18. The summed E-state index contributed by atoms with van der Waals surface area (Å²) in [4.78, 5) is 9.91. The number of nitro groups is 1. The summed E-state index contributed by atoms with van der Waals surface area (Å²) in [6, 6.07) is 5.50. The maximum atomic E-state index is 10.6. The first-order valence-corrected chi connectivity index (χ1v) is 4.33. The first-order valence-electron chi connectivity index (χ1n) is 4.33. The van der Waals surface area contributed by atoms with Crippen molar-refractivity contribution >= 4 is 5.69 Å². The highest BCUT2D eigenvalue weighted by molar-refractivity contribution is 5.45. The number of para-hydroxylation sites is 2. The highest BCUT2D eigenvalue weighted by Gasteiger charge is 2.26. The Kier molecular flexibility index (Phi) is 3.23. The van der Waals surface area contributed by atoms with Crippen LogP contribution in [0.4, 0.5) is 5.69 Å². The molecule has 0 spiro atoms. The molecule has 0 saturated carbocycles. The third kappa shape index (κ3) is 2.90. The lowest BCUT2D eigenvalue weighted by molar-refractivity contribution is -0.389. The van der Waals surface area contributed by atoms with Crippen molar-refractivity contribution in [1.82, 2.24) is 0 Å². The van der Waals surface area contributed by atoms with Gasteiger partial charge in [0.15, 0.2) is 0 Å². The van der Waals surface area contributed by atoms with Crippen LogP contribution in [0.25, 0.3) is 0 Å². The number of rotatable bonds is 4. The van der Waals surface area contributed by atoms with E-state index >= 15 is 0 Å². The van der Waals surface area contributed by atoms with Gasteiger partial charge < -0.3 is 14.9 Å². The second kappa shape index (κ2) is 4.24. The minimum atomic E-state index is -2.38. The first kappa shape index (κ1) is 11.4. The lowest BCUT2D eigenvalue weighted by Crippen LogP contribution is -2.34. The van der Waals surface area contributed by atoms with Gasteiger partial charge in [0.05, 0.1) is 4.92 Å². The number of hydrogen-bond acceptors (Lipinski definition) is 5. The van der Waals surface area contributed by atoms with Crippen LogP contribution < -0.4 is 4.74 Å². The molecule has 0 amide bonds. The van der Waals surface area contributed by atoms with E-state index in [1.807, 2.05) is 0 Å². The SMILES string of the molecule is CCC(O)(O)Oc1ccccc1[N+](=O)[O-]. The molecule has 0 heterocycles. The molecule has 1 rings (SSSR count). The Morgan fingerprint density at radius 1 is 1.47 bits per heavy atom. The van der Waals surface area contributed by atoms with Crippen molar-refractivity contribution in [3.63, 3.8) is 0 Å². The van der Waals surface area contributed by atoms with Gasteiger partial charge in [0, 0.05) is 12.5 Å². The third-order valence-electron chi connectivity index (χ3n) is 1.80. The van der Waals surface area contributed by atoms with E-state index in [9.17, 15) is 20.3 Å². The summed E-state index contributed by atoms with van der Waals surface area (Å²) in [7, 11) is 0. The maximum Gasteiger partial charge on any atom is 0.321 e. The lowest BCUT2D eigenvalue weighted by Gasteiger charge is -2.20. The van der Waals surface area contributed by atoms with Gasteiger partial charge in [-0.2, -0.15) is 0 Å². The van der Waals surface area contributed by atoms with E-state index in [1.54, 1.807) is 0 Å². The molecular weight excluding hydrogens is 202 g/mol. The molecule has 82 valence electrons. The van der Waals surface area contributed by atoms with Crippen LogP contribution in [-0.2, 0) is 0 Å². The molecule has 1 aromatic rings. The number of hydrogen-bond donors (Lipinski definition) is 2. The molecule has 0 unspecified atom stereocenters. The van der Waals surface area contributed by atoms with Gasteiger partial charge in [-0.05, 0) is 6.07 Å². The molecule has 0 aliphatic heterocycles. The molecule has 0 atom stereocenters. The van der Waals surface area contributed by atoms with E-state index in [0.717, 1.165) is 0 Å². The van der Waals surface area contributed by atoms with Crippen LogP contribution >= 0.6 is 0 Å². The number of ether oxygens (including phenoxy) is 1. The smallest absolute Gasteiger partial charge is 0.321 e. The number of nitro benzene ring substituents is 1. The normalized spacial score (nSPS) is 11.1. The summed E-state index contributed by atoms with van der Waals surface area (Å²) in [5.41, 5.74) is -0.307. The quantitative estimate of drug-likeness (QED) is 0.442. The second-order valence-electron chi connectivity index (χ2n) is 2.92. The van der Waals surface area contributed by atoms with Crippen LogP contribution in [-0.4, -0.2) is 21.1 Å². The summed E-state index contributed by atoms with van der Waals surface area (Å²) in [5, 5.41) is 28.9. The number of benzene rings is 1. The van der Waals surface area contributed by atoms with Crippen molar-refractivity contribution in [2.45, 2.75) is 19.3 Å². The van der Waals surface area contributed by atoms with Crippen LogP contribution in [0.2, 0.25) is 0 Å². The lowest BCUT2D eigenvalue weighted by atomic mass is 10.3. The van der Waals surface area contributed by atoms with Crippen LogP contribution in [0.5, 0.6) is 5.75 Å². The van der Waals surface area contributed by atoms with E-state index in [2.05, 4.69) is 0 Å². The molecule has 0 aromatic heterocycles. The molecule has 0 bridgehead atoms. The van der Waals surface area contributed by atoms with Gasteiger partial charge in [0.2, 0.25) is 5.75 Å². The van der Waals surface area contributed by atoms with Gasteiger partial charge in [-0.1, -0.05) is 19.1 Å². The Morgan fingerprint density at radius 2 is 2.07 bits per heavy atom. The predicted octanol–water partition coefficient (Wildman–Crippen LogP) is 1.02. The van der Waals surface area contributed by atoms with E-state index in [1.165, 1.54) is 31.2 Å². The maximum absolute atomic E-state index is 10.6. The second-order valence-corrected chi connectivity index (χ2v) is 2.92. The Hall–Kier alpha value is -1.66. The molecule has 6 nitrogen and oxygen atoms in total. The molecule has 0 aliphatic carbocycles. The van der Waals surface area contributed by atoms with Crippen molar-refractivity contribution < 1.29 is 19.9 Å². The standard InChI is InChI=1S/C9H11NO5/c1-2-9(11,12)15-8-6-4-3-5-7(8)10(13)14/h3-6,11-12H,2H2,1H3. The van der Waals surface area contributed by atoms with Gasteiger partial charge in [0.1, 0.15) is 0 Å². The first-order chi connectivity index (χ1) is 6.96. The molecule has 0 radical (unpaired) electrons. The largest absolute Gasteiger partial charge is 0.432 e. The van der Waals surface area contributed by atoms with Crippen molar-refractivity contribution in [3.05, 3.63) is 34.4 Å². The van der Waals surface area contributed by atoms with E-state index in [-0.39, 0.29) is 17.9 Å². The van der Waals surface area contributed by atoms with Crippen LogP contribution in [0.15, 0.2) is 24.3 Å². The van der Waals surface area contributed by atoms with Gasteiger partial charge in [0.25, 0.3) is 0 Å². The zero-order valence-electron chi connectivity index (χ0n) is 8.08. The fraction of sp³-hybridized carbons (Fsp3) is 0.333. The molecule has 0 saturated heterocycles. The Bertz CT molecular complexity index is 363. The van der Waals surface area contributed by atoms with Crippen LogP contribution in [0, 0.1) is 10.1 Å². The van der Waals surface area contributed by atoms with Gasteiger partial charge in [-0.25, -0.2) is 0 Å². The Labute approximate surface area is 85.9 Å². The zero-order chi connectivity index (χ0) is 11.5. The summed E-state index contributed by atoms with van der Waals surface area (Å²) in [5.74, 6) is -2.55. The molecule has 2 N–H and O–H groups in total. The molecular formula is C9H11NO5. The van der Waals surface area contributed by atoms with Crippen LogP contribution in [0.3, 0.4) is 0 Å². The fourth-order valence-electron chi connectivity index (χ4n) is 0.943. The monoisotopic (exact) mass is 213 g/mol. The minimum absolute atomic E-state index is 0.0982. The predicted molar refractivity (Wildman–Crippen MR) is 51.2 cm³/mol. The topological polar surface area (TPSA) is 92.8 Å². The fourth-order valence-corrected chi connectivity index (χ4v) is 0.943. The van der Waals surface area contributed by atoms with Gasteiger partial charge in [-0.15, -0.1) is 0 Å². The van der Waals surface area contributed by atoms with Crippen molar-refractivity contribution in [2.24, 2.45) is 0 Å². The zero-order valence-corrected chi connectivity index (χ0v) is 8.08. The molecule has 0 aliphatic rings. The Morgan fingerprint density at radius 3 is 2.60 bits per heavy atom. The minimum Gasteiger partial charge on any atom is -0.432 e. The number of nitrogens with zero attached hydrogens (tertiary/aromatic N) is 1. The Balaban J connectivity index is 2.99. The molecule has 1 aromatic carbocycles. The van der Waals surface area contributed by atoms with Crippen molar-refractivity contribution in [3.8, 4) is 5.75 Å². The summed E-state index contributed by atoms with van der Waals surface area (Å²) in [6.07, 6.45) is -0.0982. The highest BCUT2D eigenvalue weighted by atomic mass is 16.8. The van der Waals surface area contributed by atoms with Gasteiger partial charge in [-0.3, -0.25) is 10.1 Å². The molecule has 15 heavy (non-hydrogen) atoms. The van der Waals surface area contributed by atoms with Crippen LogP contribution in [0.1, 0.15) is 13.3 Å². The molecule has 6 heteroatoms. The summed E-state index contributed by atoms with van der Waals surface area (Å²) >= 11 is 0. The summed E-state index contributed by atoms with van der Waals surface area (Å²) in [6.45, 7) is 1.48. The van der Waals surface area contributed by atoms with Gasteiger partial charge >= 0.3 is 11.7 Å². The number of aliphatic hydroxyl groups is 2. The summed E-state index contributed by atoms with van der Waals surface area (Å²) < 4.78 is 4.71. The average molecular weight is 213 g/mol. The van der Waals surface area contributed by atoms with E-state index < -0.39 is 10.9 Å². The highest BCUT2D eigenvalue weighted by Crippen LogP contribution is 2.28. The van der Waals surface area contributed by atoms with E-state index in [4.69, 9.17) is 4.74 Å². The van der Waals surface area contributed by atoms with Crippen molar-refractivity contribution in [1.29, 1.82) is 0 Å².